The van der Waals surface area contributed by atoms with Gasteiger partial charge in [-0.25, -0.2) is 4.79 Å². The van der Waals surface area contributed by atoms with E-state index in [1.807, 2.05) is 12.1 Å². The number of carbonyl (C=O) groups excluding carboxylic acids is 1. The van der Waals surface area contributed by atoms with Crippen LogP contribution in [0.5, 0.6) is 0 Å². The molecule has 0 aliphatic carbocycles. The molecule has 4 heteroatoms. The fraction of sp³-hybridized carbons (Fsp3) is 0.552. The van der Waals surface area contributed by atoms with E-state index in [1.54, 1.807) is 30.3 Å². The average molecular weight is 447 g/mol. The Morgan fingerprint density at radius 3 is 1.70 bits per heavy atom. The summed E-state index contributed by atoms with van der Waals surface area (Å²) < 4.78 is 5.43. The molecule has 0 N–H and O–H groups in total. The normalized spacial score (nSPS) is 10.6. The van der Waals surface area contributed by atoms with Gasteiger partial charge in [0, 0.05) is 0 Å². The largest absolute Gasteiger partial charge is 0.462 e. The fourth-order valence-electron chi connectivity index (χ4n) is 4.15. The first-order valence-electron chi connectivity index (χ1n) is 12.7. The van der Waals surface area contributed by atoms with Crippen molar-refractivity contribution in [1.29, 1.82) is 10.5 Å². The summed E-state index contributed by atoms with van der Waals surface area (Å²) in [5, 5.41) is 19.9. The van der Waals surface area contributed by atoms with Crippen LogP contribution in [0, 0.1) is 22.7 Å². The molecule has 0 radical (unpaired) electrons. The minimum absolute atomic E-state index is 0.318. The topological polar surface area (TPSA) is 73.9 Å². The Labute approximate surface area is 199 Å². The molecule has 0 atom stereocenters. The number of benzene rings is 2. The Bertz CT molecular complexity index is 952. The summed E-state index contributed by atoms with van der Waals surface area (Å²) in [6.07, 6.45) is 18.2. The molecule has 0 saturated carbocycles. The van der Waals surface area contributed by atoms with Crippen molar-refractivity contribution in [3.05, 3.63) is 47.0 Å². The first-order valence-corrected chi connectivity index (χ1v) is 12.7. The van der Waals surface area contributed by atoms with E-state index >= 15 is 0 Å². The number of fused-ring (bicyclic) bond motifs is 1. The Hall–Kier alpha value is -2.85. The lowest BCUT2D eigenvalue weighted by molar-refractivity contribution is 0.0498. The zero-order chi connectivity index (χ0) is 23.7. The predicted octanol–water partition coefficient (Wildman–Crippen LogP) is 8.22. The summed E-state index contributed by atoms with van der Waals surface area (Å²) in [5.74, 6) is -0.338. The van der Waals surface area contributed by atoms with E-state index in [1.165, 1.54) is 77.0 Å². The van der Waals surface area contributed by atoms with Crippen LogP contribution in [0.4, 0.5) is 0 Å². The minimum atomic E-state index is -0.338. The lowest BCUT2D eigenvalue weighted by Crippen LogP contribution is -2.06. The number of hydrogen-bond acceptors (Lipinski definition) is 4. The Morgan fingerprint density at radius 1 is 0.697 bits per heavy atom. The lowest BCUT2D eigenvalue weighted by Gasteiger charge is -2.07. The van der Waals surface area contributed by atoms with Gasteiger partial charge in [0.1, 0.15) is 12.1 Å². The van der Waals surface area contributed by atoms with Gasteiger partial charge in [-0.3, -0.25) is 0 Å². The fourth-order valence-corrected chi connectivity index (χ4v) is 4.15. The van der Waals surface area contributed by atoms with Crippen molar-refractivity contribution >= 4 is 16.7 Å². The molecule has 0 aliphatic rings. The van der Waals surface area contributed by atoms with Crippen molar-refractivity contribution < 1.29 is 9.53 Å². The quantitative estimate of drug-likeness (QED) is 0.192. The van der Waals surface area contributed by atoms with Gasteiger partial charge in [0.2, 0.25) is 0 Å². The number of unbranched alkanes of at least 4 members (excludes halogenated alkanes) is 13. The van der Waals surface area contributed by atoms with Gasteiger partial charge in [0.05, 0.1) is 23.3 Å². The lowest BCUT2D eigenvalue weighted by atomic mass is 10.0. The van der Waals surface area contributed by atoms with E-state index in [4.69, 9.17) is 10.00 Å². The van der Waals surface area contributed by atoms with Crippen LogP contribution < -0.4 is 0 Å². The maximum Gasteiger partial charge on any atom is 0.338 e. The molecule has 0 aliphatic heterocycles. The summed E-state index contributed by atoms with van der Waals surface area (Å²) in [7, 11) is 0. The van der Waals surface area contributed by atoms with Gasteiger partial charge in [0.25, 0.3) is 0 Å². The summed E-state index contributed by atoms with van der Waals surface area (Å²) in [6.45, 7) is 2.70. The van der Waals surface area contributed by atoms with Gasteiger partial charge in [-0.15, -0.1) is 0 Å². The van der Waals surface area contributed by atoms with Crippen molar-refractivity contribution in [1.82, 2.24) is 0 Å². The zero-order valence-electron chi connectivity index (χ0n) is 20.2. The number of nitriles is 2. The van der Waals surface area contributed by atoms with Gasteiger partial charge in [-0.2, -0.15) is 10.5 Å². The Morgan fingerprint density at radius 2 is 1.18 bits per heavy atom. The third kappa shape index (κ3) is 9.67. The van der Waals surface area contributed by atoms with Gasteiger partial charge >= 0.3 is 5.97 Å². The number of carbonyl (C=O) groups is 1. The van der Waals surface area contributed by atoms with Gasteiger partial charge < -0.3 is 4.74 Å². The van der Waals surface area contributed by atoms with Crippen LogP contribution in [-0.2, 0) is 4.74 Å². The molecule has 0 heterocycles. The zero-order valence-corrected chi connectivity index (χ0v) is 20.2. The molecule has 33 heavy (non-hydrogen) atoms. The molecule has 0 bridgehead atoms. The van der Waals surface area contributed by atoms with Crippen molar-refractivity contribution in [3.63, 3.8) is 0 Å². The van der Waals surface area contributed by atoms with Crippen molar-refractivity contribution in [3.8, 4) is 12.1 Å². The average Bonchev–Trinajstić information content (AvgIpc) is 2.84. The van der Waals surface area contributed by atoms with E-state index in [0.29, 0.717) is 23.3 Å². The van der Waals surface area contributed by atoms with E-state index in [9.17, 15) is 10.1 Å². The summed E-state index contributed by atoms with van der Waals surface area (Å²) in [6, 6.07) is 12.6. The molecule has 0 fully saturated rings. The third-order valence-corrected chi connectivity index (χ3v) is 6.18. The molecule has 0 spiro atoms. The Kier molecular flexibility index (Phi) is 12.7. The summed E-state index contributed by atoms with van der Waals surface area (Å²) in [4.78, 5) is 12.4. The van der Waals surface area contributed by atoms with E-state index in [-0.39, 0.29) is 5.97 Å². The third-order valence-electron chi connectivity index (χ3n) is 6.18. The highest BCUT2D eigenvalue weighted by molar-refractivity contribution is 5.96. The number of hydrogen-bond donors (Lipinski definition) is 0. The molecule has 2 aromatic carbocycles. The summed E-state index contributed by atoms with van der Waals surface area (Å²) >= 11 is 0. The molecule has 0 aromatic heterocycles. The molecular formula is C29H38N2O2. The van der Waals surface area contributed by atoms with Crippen LogP contribution in [0.2, 0.25) is 0 Å². The smallest absolute Gasteiger partial charge is 0.338 e. The van der Waals surface area contributed by atoms with Crippen molar-refractivity contribution in [2.75, 3.05) is 6.61 Å². The second-order valence-electron chi connectivity index (χ2n) is 8.92. The first kappa shape index (κ1) is 26.4. The molecule has 176 valence electrons. The number of rotatable bonds is 16. The number of esters is 1. The molecule has 2 rings (SSSR count). The molecular weight excluding hydrogens is 408 g/mol. The highest BCUT2D eigenvalue weighted by atomic mass is 16.5. The minimum Gasteiger partial charge on any atom is -0.462 e. The standard InChI is InChI=1S/C29H38N2O2/c1-2-3-4-5-6-7-8-9-10-11-12-13-14-15-18-33-29(32)25-17-16-24-19-27(22-30)28(23-31)21-26(24)20-25/h16-17,19-21H,2-15,18H2,1H3. The maximum atomic E-state index is 12.4. The Balaban J connectivity index is 1.55. The monoisotopic (exact) mass is 446 g/mol. The maximum absolute atomic E-state index is 12.4. The summed E-state index contributed by atoms with van der Waals surface area (Å²) in [5.41, 5.74) is 1.14. The van der Waals surface area contributed by atoms with E-state index < -0.39 is 0 Å². The second-order valence-corrected chi connectivity index (χ2v) is 8.92. The molecule has 4 nitrogen and oxygen atoms in total. The van der Waals surface area contributed by atoms with Gasteiger partial charge in [-0.1, -0.05) is 96.5 Å². The van der Waals surface area contributed by atoms with Crippen LogP contribution in [0.15, 0.2) is 30.3 Å². The van der Waals surface area contributed by atoms with Gasteiger partial charge in [-0.05, 0) is 41.5 Å². The predicted molar refractivity (Wildman–Crippen MR) is 134 cm³/mol. The van der Waals surface area contributed by atoms with Gasteiger partial charge in [0.15, 0.2) is 0 Å². The number of nitrogens with zero attached hydrogens (tertiary/aromatic N) is 2. The van der Waals surface area contributed by atoms with Crippen LogP contribution in [-0.4, -0.2) is 12.6 Å². The highest BCUT2D eigenvalue weighted by Gasteiger charge is 2.10. The van der Waals surface area contributed by atoms with E-state index in [0.717, 1.165) is 23.6 Å². The highest BCUT2D eigenvalue weighted by Crippen LogP contribution is 2.21. The molecule has 0 saturated heterocycles. The SMILES string of the molecule is CCCCCCCCCCCCCCCCOC(=O)c1ccc2cc(C#N)c(C#N)cc2c1. The second kappa shape index (κ2) is 15.9. The van der Waals surface area contributed by atoms with Crippen LogP contribution in [0.25, 0.3) is 10.8 Å². The molecule has 2 aromatic rings. The van der Waals surface area contributed by atoms with Crippen molar-refractivity contribution in [2.45, 2.75) is 96.8 Å². The van der Waals surface area contributed by atoms with Crippen molar-refractivity contribution in [2.24, 2.45) is 0 Å². The molecule has 0 unspecified atom stereocenters. The van der Waals surface area contributed by atoms with Crippen LogP contribution in [0.3, 0.4) is 0 Å². The number of ether oxygens (including phenoxy) is 1. The van der Waals surface area contributed by atoms with Crippen LogP contribution in [0.1, 0.15) is 118 Å². The molecule has 0 amide bonds. The first-order chi connectivity index (χ1) is 16.2. The van der Waals surface area contributed by atoms with Crippen LogP contribution >= 0.6 is 0 Å². The van der Waals surface area contributed by atoms with E-state index in [2.05, 4.69) is 6.92 Å².